The Bertz CT molecular complexity index is 71.1. The summed E-state index contributed by atoms with van der Waals surface area (Å²) in [5.41, 5.74) is -0.0469. The van der Waals surface area contributed by atoms with Crippen molar-refractivity contribution in [3.8, 4) is 0 Å². The molecule has 0 saturated carbocycles. The molecule has 0 aliphatic rings. The molecule has 0 rings (SSSR count). The summed E-state index contributed by atoms with van der Waals surface area (Å²) in [4.78, 5) is 4.98. The first kappa shape index (κ1) is 9.92. The lowest BCUT2D eigenvalue weighted by Crippen LogP contribution is -2.33. The molecular formula is C8H19NO. The van der Waals surface area contributed by atoms with Gasteiger partial charge in [-0.1, -0.05) is 27.2 Å². The number of hydrogen-bond acceptors (Lipinski definition) is 2. The van der Waals surface area contributed by atoms with Gasteiger partial charge in [0.15, 0.2) is 0 Å². The average Bonchev–Trinajstić information content (AvgIpc) is 2.01. The van der Waals surface area contributed by atoms with Crippen molar-refractivity contribution in [2.75, 3.05) is 0 Å². The summed E-state index contributed by atoms with van der Waals surface area (Å²) in [5, 5.41) is 0. The van der Waals surface area contributed by atoms with E-state index < -0.39 is 0 Å². The molecule has 0 aromatic rings. The number of rotatable bonds is 5. The van der Waals surface area contributed by atoms with Crippen molar-refractivity contribution in [2.24, 2.45) is 5.90 Å². The third-order valence-electron chi connectivity index (χ3n) is 2.24. The Morgan fingerprint density at radius 1 is 1.20 bits per heavy atom. The lowest BCUT2D eigenvalue weighted by Gasteiger charge is -2.28. The molecule has 10 heavy (non-hydrogen) atoms. The Hall–Kier alpha value is -0.0800. The Morgan fingerprint density at radius 2 is 1.70 bits per heavy atom. The van der Waals surface area contributed by atoms with Gasteiger partial charge in [-0.15, -0.1) is 0 Å². The van der Waals surface area contributed by atoms with Crippen LogP contribution < -0.4 is 5.90 Å². The summed E-state index contributed by atoms with van der Waals surface area (Å²) in [5.74, 6) is 5.21. The highest BCUT2D eigenvalue weighted by Crippen LogP contribution is 2.23. The zero-order valence-electron chi connectivity index (χ0n) is 7.31. The van der Waals surface area contributed by atoms with Crippen LogP contribution in [0.25, 0.3) is 0 Å². The Labute approximate surface area is 63.7 Å². The molecule has 0 amide bonds. The topological polar surface area (TPSA) is 35.2 Å². The third-order valence-corrected chi connectivity index (χ3v) is 2.24. The van der Waals surface area contributed by atoms with E-state index in [0.717, 1.165) is 25.7 Å². The van der Waals surface area contributed by atoms with Gasteiger partial charge in [0.25, 0.3) is 0 Å². The van der Waals surface area contributed by atoms with Gasteiger partial charge in [0.05, 0.1) is 5.60 Å². The molecule has 2 heteroatoms. The molecule has 0 spiro atoms. The second-order valence-corrected chi connectivity index (χ2v) is 2.76. The summed E-state index contributed by atoms with van der Waals surface area (Å²) in [7, 11) is 0. The fraction of sp³-hybridized carbons (Fsp3) is 1.00. The van der Waals surface area contributed by atoms with E-state index in [-0.39, 0.29) is 5.60 Å². The standard InChI is InChI=1S/C8H19NO/c1-4-7-8(5-2,6-3)10-9/h4-7,9H2,1-3H3. The first-order valence-corrected chi connectivity index (χ1v) is 4.12. The van der Waals surface area contributed by atoms with E-state index in [9.17, 15) is 0 Å². The second kappa shape index (κ2) is 4.69. The Kier molecular flexibility index (Phi) is 4.65. The third kappa shape index (κ3) is 2.27. The molecule has 0 saturated heterocycles. The van der Waals surface area contributed by atoms with Gasteiger partial charge < -0.3 is 0 Å². The zero-order chi connectivity index (χ0) is 8.04. The maximum absolute atomic E-state index is 5.21. The fourth-order valence-corrected chi connectivity index (χ4v) is 1.28. The highest BCUT2D eigenvalue weighted by Gasteiger charge is 2.24. The fourth-order valence-electron chi connectivity index (χ4n) is 1.28. The monoisotopic (exact) mass is 145 g/mol. The predicted molar refractivity (Wildman–Crippen MR) is 43.5 cm³/mol. The normalized spacial score (nSPS) is 12.0. The quantitative estimate of drug-likeness (QED) is 0.602. The van der Waals surface area contributed by atoms with Crippen molar-refractivity contribution in [1.29, 1.82) is 0 Å². The molecule has 62 valence electrons. The van der Waals surface area contributed by atoms with E-state index >= 15 is 0 Å². The lowest BCUT2D eigenvalue weighted by atomic mass is 9.92. The average molecular weight is 145 g/mol. The van der Waals surface area contributed by atoms with Crippen LogP contribution in [0.1, 0.15) is 46.5 Å². The molecule has 0 fully saturated rings. The molecule has 0 unspecified atom stereocenters. The largest absolute Gasteiger partial charge is 0.298 e. The first-order valence-electron chi connectivity index (χ1n) is 4.12. The smallest absolute Gasteiger partial charge is 0.0888 e. The molecule has 0 aromatic heterocycles. The van der Waals surface area contributed by atoms with E-state index in [0.29, 0.717) is 0 Å². The Balaban J connectivity index is 3.87. The van der Waals surface area contributed by atoms with Gasteiger partial charge in [-0.3, -0.25) is 4.84 Å². The van der Waals surface area contributed by atoms with E-state index in [1.54, 1.807) is 0 Å². The van der Waals surface area contributed by atoms with Crippen molar-refractivity contribution in [2.45, 2.75) is 52.1 Å². The van der Waals surface area contributed by atoms with Gasteiger partial charge in [0.1, 0.15) is 0 Å². The SMILES string of the molecule is CCCC(CC)(CC)ON. The lowest BCUT2D eigenvalue weighted by molar-refractivity contribution is -0.0602. The molecule has 0 aromatic carbocycles. The summed E-state index contributed by atoms with van der Waals surface area (Å²) in [6.07, 6.45) is 4.22. The van der Waals surface area contributed by atoms with Crippen LogP contribution in [-0.4, -0.2) is 5.60 Å². The van der Waals surface area contributed by atoms with Crippen LogP contribution in [0.4, 0.5) is 0 Å². The predicted octanol–water partition coefficient (Wildman–Crippen LogP) is 2.24. The molecular weight excluding hydrogens is 126 g/mol. The second-order valence-electron chi connectivity index (χ2n) is 2.76. The van der Waals surface area contributed by atoms with Gasteiger partial charge >= 0.3 is 0 Å². The molecule has 0 radical (unpaired) electrons. The van der Waals surface area contributed by atoms with Crippen LogP contribution in [0.15, 0.2) is 0 Å². The van der Waals surface area contributed by atoms with Crippen molar-refractivity contribution < 1.29 is 4.84 Å². The summed E-state index contributed by atoms with van der Waals surface area (Å²) in [6, 6.07) is 0. The van der Waals surface area contributed by atoms with Gasteiger partial charge in [-0.25, -0.2) is 5.90 Å². The molecule has 0 aliphatic heterocycles. The van der Waals surface area contributed by atoms with E-state index in [1.165, 1.54) is 0 Å². The number of hydrogen-bond donors (Lipinski definition) is 1. The van der Waals surface area contributed by atoms with Crippen LogP contribution in [0, 0.1) is 0 Å². The van der Waals surface area contributed by atoms with Crippen LogP contribution >= 0.6 is 0 Å². The van der Waals surface area contributed by atoms with Gasteiger partial charge in [-0.2, -0.15) is 0 Å². The van der Waals surface area contributed by atoms with Crippen LogP contribution in [0.5, 0.6) is 0 Å². The maximum Gasteiger partial charge on any atom is 0.0888 e. The molecule has 0 atom stereocenters. The van der Waals surface area contributed by atoms with Crippen molar-refractivity contribution in [3.05, 3.63) is 0 Å². The van der Waals surface area contributed by atoms with Crippen LogP contribution in [0.2, 0.25) is 0 Å². The minimum Gasteiger partial charge on any atom is -0.298 e. The molecule has 0 aliphatic carbocycles. The summed E-state index contributed by atoms with van der Waals surface area (Å²) in [6.45, 7) is 6.39. The zero-order valence-corrected chi connectivity index (χ0v) is 7.31. The van der Waals surface area contributed by atoms with Gasteiger partial charge in [0.2, 0.25) is 0 Å². The molecule has 2 N–H and O–H groups in total. The van der Waals surface area contributed by atoms with Gasteiger partial charge in [0, 0.05) is 0 Å². The van der Waals surface area contributed by atoms with Crippen molar-refractivity contribution in [1.82, 2.24) is 0 Å². The highest BCUT2D eigenvalue weighted by molar-refractivity contribution is 4.75. The van der Waals surface area contributed by atoms with E-state index in [4.69, 9.17) is 10.7 Å². The molecule has 2 nitrogen and oxygen atoms in total. The minimum atomic E-state index is -0.0469. The Morgan fingerprint density at radius 3 is 1.80 bits per heavy atom. The summed E-state index contributed by atoms with van der Waals surface area (Å²) >= 11 is 0. The van der Waals surface area contributed by atoms with Crippen LogP contribution in [0.3, 0.4) is 0 Å². The molecule has 0 bridgehead atoms. The summed E-state index contributed by atoms with van der Waals surface area (Å²) < 4.78 is 0. The van der Waals surface area contributed by atoms with Crippen molar-refractivity contribution in [3.63, 3.8) is 0 Å². The minimum absolute atomic E-state index is 0.0469. The highest BCUT2D eigenvalue weighted by atomic mass is 16.6. The van der Waals surface area contributed by atoms with Crippen LogP contribution in [-0.2, 0) is 4.84 Å². The van der Waals surface area contributed by atoms with Crippen molar-refractivity contribution >= 4 is 0 Å². The van der Waals surface area contributed by atoms with E-state index in [1.807, 2.05) is 0 Å². The molecule has 0 heterocycles. The first-order chi connectivity index (χ1) is 4.74. The van der Waals surface area contributed by atoms with E-state index in [2.05, 4.69) is 20.8 Å². The maximum atomic E-state index is 5.21. The number of nitrogens with two attached hydrogens (primary N) is 1. The van der Waals surface area contributed by atoms with Gasteiger partial charge in [-0.05, 0) is 19.3 Å².